The van der Waals surface area contributed by atoms with Gasteiger partial charge in [0.05, 0.1) is 0 Å². The van der Waals surface area contributed by atoms with Crippen LogP contribution in [-0.4, -0.2) is 16.9 Å². The largest absolute Gasteiger partial charge is 0.481 e. The van der Waals surface area contributed by atoms with Crippen molar-refractivity contribution in [2.24, 2.45) is 11.3 Å². The summed E-state index contributed by atoms with van der Waals surface area (Å²) in [6.45, 7) is 3.01. The fraction of sp³-hybridized carbons (Fsp3) is 0.818. The van der Waals surface area contributed by atoms with Crippen LogP contribution < -0.4 is 0 Å². The van der Waals surface area contributed by atoms with E-state index < -0.39 is 11.4 Å². The predicted molar refractivity (Wildman–Crippen MR) is 53.0 cm³/mol. The van der Waals surface area contributed by atoms with E-state index in [2.05, 4.69) is 0 Å². The fourth-order valence-corrected chi connectivity index (χ4v) is 1.98. The standard InChI is InChI=1S/C11H18O3/c1-11(2,10(13)14)9(12)8-6-4-3-5-7-8/h8H,3-7H2,1-2H3,(H,13,14). The van der Waals surface area contributed by atoms with Crippen LogP contribution in [0.1, 0.15) is 46.0 Å². The summed E-state index contributed by atoms with van der Waals surface area (Å²) in [5.74, 6) is -1.12. The molecular weight excluding hydrogens is 180 g/mol. The minimum Gasteiger partial charge on any atom is -0.481 e. The highest BCUT2D eigenvalue weighted by Gasteiger charge is 2.40. The van der Waals surface area contributed by atoms with E-state index >= 15 is 0 Å². The van der Waals surface area contributed by atoms with E-state index in [1.807, 2.05) is 0 Å². The molecule has 0 saturated heterocycles. The van der Waals surface area contributed by atoms with Crippen molar-refractivity contribution in [2.75, 3.05) is 0 Å². The molecule has 1 N–H and O–H groups in total. The van der Waals surface area contributed by atoms with Gasteiger partial charge in [-0.2, -0.15) is 0 Å². The van der Waals surface area contributed by atoms with Gasteiger partial charge < -0.3 is 5.11 Å². The molecule has 1 saturated carbocycles. The van der Waals surface area contributed by atoms with Gasteiger partial charge in [-0.05, 0) is 26.7 Å². The number of ketones is 1. The number of carboxylic acid groups (broad SMARTS) is 1. The molecule has 0 aromatic rings. The number of hydrogen-bond acceptors (Lipinski definition) is 2. The Morgan fingerprint density at radius 1 is 1.14 bits per heavy atom. The first-order valence-electron chi connectivity index (χ1n) is 5.24. The number of aliphatic carboxylic acids is 1. The van der Waals surface area contributed by atoms with E-state index in [1.54, 1.807) is 0 Å². The van der Waals surface area contributed by atoms with Gasteiger partial charge >= 0.3 is 5.97 Å². The molecule has 0 aromatic carbocycles. The summed E-state index contributed by atoms with van der Waals surface area (Å²) in [4.78, 5) is 22.8. The smallest absolute Gasteiger partial charge is 0.316 e. The van der Waals surface area contributed by atoms with Crippen molar-refractivity contribution in [3.8, 4) is 0 Å². The molecule has 0 radical (unpaired) electrons. The van der Waals surface area contributed by atoms with Gasteiger partial charge in [0, 0.05) is 5.92 Å². The van der Waals surface area contributed by atoms with Crippen molar-refractivity contribution in [2.45, 2.75) is 46.0 Å². The Morgan fingerprint density at radius 2 is 1.64 bits per heavy atom. The average Bonchev–Trinajstić information content (AvgIpc) is 2.17. The Morgan fingerprint density at radius 3 is 2.07 bits per heavy atom. The number of carbonyl (C=O) groups excluding carboxylic acids is 1. The molecule has 3 nitrogen and oxygen atoms in total. The lowest BCUT2D eigenvalue weighted by Crippen LogP contribution is -2.38. The molecular formula is C11H18O3. The normalized spacial score (nSPS) is 19.3. The summed E-state index contributed by atoms with van der Waals surface area (Å²) < 4.78 is 0. The number of carboxylic acids is 1. The van der Waals surface area contributed by atoms with Crippen molar-refractivity contribution in [3.05, 3.63) is 0 Å². The Bertz CT molecular complexity index is 237. The second kappa shape index (κ2) is 4.11. The molecule has 0 bridgehead atoms. The highest BCUT2D eigenvalue weighted by Crippen LogP contribution is 2.31. The summed E-state index contributed by atoms with van der Waals surface area (Å²) in [6, 6.07) is 0. The highest BCUT2D eigenvalue weighted by atomic mass is 16.4. The van der Waals surface area contributed by atoms with Crippen molar-refractivity contribution in [1.82, 2.24) is 0 Å². The third-order valence-corrected chi connectivity index (χ3v) is 3.13. The monoisotopic (exact) mass is 198 g/mol. The van der Waals surface area contributed by atoms with Crippen LogP contribution in [0.5, 0.6) is 0 Å². The van der Waals surface area contributed by atoms with Gasteiger partial charge in [0.1, 0.15) is 5.41 Å². The number of Topliss-reactive ketones (excluding diaryl/α,β-unsaturated/α-hetero) is 1. The molecule has 1 aliphatic rings. The van der Waals surface area contributed by atoms with Gasteiger partial charge in [-0.15, -0.1) is 0 Å². The second-order valence-corrected chi connectivity index (χ2v) is 4.63. The fourth-order valence-electron chi connectivity index (χ4n) is 1.98. The molecule has 3 heteroatoms. The lowest BCUT2D eigenvalue weighted by molar-refractivity contribution is -0.154. The zero-order valence-electron chi connectivity index (χ0n) is 8.88. The Labute approximate surface area is 84.5 Å². The Kier molecular flexibility index (Phi) is 3.29. The van der Waals surface area contributed by atoms with E-state index in [0.717, 1.165) is 25.7 Å². The van der Waals surface area contributed by atoms with Gasteiger partial charge in [0.25, 0.3) is 0 Å². The maximum absolute atomic E-state index is 11.9. The Hall–Kier alpha value is -0.860. The molecule has 0 aliphatic heterocycles. The van der Waals surface area contributed by atoms with E-state index in [4.69, 9.17) is 5.11 Å². The first-order chi connectivity index (χ1) is 6.46. The molecule has 80 valence electrons. The van der Waals surface area contributed by atoms with Gasteiger partial charge in [0.15, 0.2) is 5.78 Å². The van der Waals surface area contributed by atoms with Crippen molar-refractivity contribution >= 4 is 11.8 Å². The zero-order valence-corrected chi connectivity index (χ0v) is 8.88. The van der Waals surface area contributed by atoms with E-state index in [-0.39, 0.29) is 11.7 Å². The van der Waals surface area contributed by atoms with Gasteiger partial charge in [-0.25, -0.2) is 0 Å². The van der Waals surface area contributed by atoms with Gasteiger partial charge in [0.2, 0.25) is 0 Å². The minimum absolute atomic E-state index is 0.0187. The number of hydrogen-bond donors (Lipinski definition) is 1. The lowest BCUT2D eigenvalue weighted by Gasteiger charge is -2.27. The predicted octanol–water partition coefficient (Wildman–Crippen LogP) is 2.25. The highest BCUT2D eigenvalue weighted by molar-refractivity contribution is 6.03. The van der Waals surface area contributed by atoms with E-state index in [0.29, 0.717) is 0 Å². The van der Waals surface area contributed by atoms with Crippen LogP contribution in [-0.2, 0) is 9.59 Å². The number of carbonyl (C=O) groups is 2. The number of rotatable bonds is 3. The van der Waals surface area contributed by atoms with Crippen LogP contribution in [0.2, 0.25) is 0 Å². The third kappa shape index (κ3) is 2.14. The average molecular weight is 198 g/mol. The van der Waals surface area contributed by atoms with Crippen LogP contribution in [0.3, 0.4) is 0 Å². The molecule has 0 amide bonds. The summed E-state index contributed by atoms with van der Waals surface area (Å²) in [5.41, 5.74) is -1.21. The van der Waals surface area contributed by atoms with Crippen molar-refractivity contribution in [3.63, 3.8) is 0 Å². The van der Waals surface area contributed by atoms with Gasteiger partial charge in [-0.1, -0.05) is 19.3 Å². The summed E-state index contributed by atoms with van der Waals surface area (Å²) >= 11 is 0. The lowest BCUT2D eigenvalue weighted by atomic mass is 9.75. The molecule has 0 aromatic heterocycles. The minimum atomic E-state index is -1.21. The maximum atomic E-state index is 11.9. The molecule has 1 fully saturated rings. The van der Waals surface area contributed by atoms with Crippen LogP contribution in [0.15, 0.2) is 0 Å². The van der Waals surface area contributed by atoms with Crippen LogP contribution in [0.4, 0.5) is 0 Å². The molecule has 1 aliphatic carbocycles. The topological polar surface area (TPSA) is 54.4 Å². The van der Waals surface area contributed by atoms with Crippen LogP contribution in [0, 0.1) is 11.3 Å². The summed E-state index contributed by atoms with van der Waals surface area (Å²) in [7, 11) is 0. The van der Waals surface area contributed by atoms with Gasteiger partial charge in [-0.3, -0.25) is 9.59 Å². The molecule has 0 atom stereocenters. The van der Waals surface area contributed by atoms with Crippen LogP contribution >= 0.6 is 0 Å². The molecule has 0 unspecified atom stereocenters. The molecule has 1 rings (SSSR count). The first kappa shape index (κ1) is 11.2. The maximum Gasteiger partial charge on any atom is 0.316 e. The third-order valence-electron chi connectivity index (χ3n) is 3.13. The van der Waals surface area contributed by atoms with E-state index in [9.17, 15) is 9.59 Å². The quantitative estimate of drug-likeness (QED) is 0.707. The SMILES string of the molecule is CC(C)(C(=O)O)C(=O)C1CCCCC1. The van der Waals surface area contributed by atoms with E-state index in [1.165, 1.54) is 20.3 Å². The van der Waals surface area contributed by atoms with Crippen molar-refractivity contribution in [1.29, 1.82) is 0 Å². The first-order valence-corrected chi connectivity index (χ1v) is 5.24. The van der Waals surface area contributed by atoms with Crippen LogP contribution in [0.25, 0.3) is 0 Å². The Balaban J connectivity index is 2.67. The molecule has 0 heterocycles. The van der Waals surface area contributed by atoms with Crippen molar-refractivity contribution < 1.29 is 14.7 Å². The second-order valence-electron chi connectivity index (χ2n) is 4.63. The zero-order chi connectivity index (χ0) is 10.8. The summed E-state index contributed by atoms with van der Waals surface area (Å²) in [6.07, 6.45) is 5.04. The molecule has 0 spiro atoms. The molecule has 14 heavy (non-hydrogen) atoms. The summed E-state index contributed by atoms with van der Waals surface area (Å²) in [5, 5.41) is 8.92.